The van der Waals surface area contributed by atoms with E-state index in [0.29, 0.717) is 13.1 Å². The molecule has 0 atom stereocenters. The molecular formula is C10H22N2O6S2. The first kappa shape index (κ1) is 17.8. The fraction of sp³-hybridized carbons (Fsp3) is 1.00. The maximum Gasteiger partial charge on any atom is 0.170 e. The van der Waals surface area contributed by atoms with Gasteiger partial charge in [-0.1, -0.05) is 0 Å². The van der Waals surface area contributed by atoms with Crippen LogP contribution in [0.25, 0.3) is 0 Å². The Kier molecular flexibility index (Phi) is 5.21. The first-order valence-corrected chi connectivity index (χ1v) is 9.68. The molecule has 0 aliphatic carbocycles. The summed E-state index contributed by atoms with van der Waals surface area (Å²) < 4.78 is 66.4. The predicted octanol–water partition coefficient (Wildman–Crippen LogP) is -1.32. The molecule has 1 rings (SSSR count). The van der Waals surface area contributed by atoms with Crippen molar-refractivity contribution in [3.63, 3.8) is 0 Å². The lowest BCUT2D eigenvalue weighted by molar-refractivity contribution is -1.02. The monoisotopic (exact) mass is 330 g/mol. The summed E-state index contributed by atoms with van der Waals surface area (Å²) in [6, 6.07) is 0. The predicted molar refractivity (Wildman–Crippen MR) is 70.2 cm³/mol. The van der Waals surface area contributed by atoms with Crippen LogP contribution in [0.15, 0.2) is 0 Å². The van der Waals surface area contributed by atoms with Gasteiger partial charge in [-0.05, 0) is 13.8 Å². The van der Waals surface area contributed by atoms with E-state index in [0.717, 1.165) is 17.6 Å². The van der Waals surface area contributed by atoms with Gasteiger partial charge in [0.2, 0.25) is 0 Å². The zero-order valence-corrected chi connectivity index (χ0v) is 13.5. The van der Waals surface area contributed by atoms with Crippen LogP contribution in [-0.2, 0) is 20.2 Å². The fourth-order valence-corrected chi connectivity index (χ4v) is 5.05. The van der Waals surface area contributed by atoms with Gasteiger partial charge in [0, 0.05) is 0 Å². The molecule has 1 heterocycles. The van der Waals surface area contributed by atoms with E-state index in [-0.39, 0.29) is 13.1 Å². The largest absolute Gasteiger partial charge is 0.744 e. The third-order valence-corrected chi connectivity index (χ3v) is 6.03. The molecule has 0 aromatic heterocycles. The molecule has 0 aromatic rings. The van der Waals surface area contributed by atoms with E-state index in [1.165, 1.54) is 0 Å². The van der Waals surface area contributed by atoms with E-state index in [2.05, 4.69) is 0 Å². The standard InChI is InChI=1S/C10H22N2O6S2/c1-3-11(4-2)5-7-12(8-6-11,9-19(13,14)15)10-20(16,17)18/h3-10H2,1-2H3. The van der Waals surface area contributed by atoms with Crippen LogP contribution in [0.2, 0.25) is 0 Å². The Bertz CT molecular complexity index is 492. The average Bonchev–Trinajstić information content (AvgIpc) is 2.26. The molecule has 0 unspecified atom stereocenters. The molecule has 0 spiro atoms. The Morgan fingerprint density at radius 1 is 0.750 bits per heavy atom. The maximum absolute atomic E-state index is 11.0. The molecule has 0 N–H and O–H groups in total. The minimum absolute atomic E-state index is 0.213. The Morgan fingerprint density at radius 3 is 1.30 bits per heavy atom. The van der Waals surface area contributed by atoms with Gasteiger partial charge in [0.15, 0.2) is 11.8 Å². The molecule has 1 aliphatic rings. The van der Waals surface area contributed by atoms with Gasteiger partial charge in [-0.2, -0.15) is 0 Å². The second-order valence-corrected chi connectivity index (χ2v) is 8.33. The normalized spacial score (nSPS) is 22.6. The second-order valence-electron chi connectivity index (χ2n) is 5.58. The van der Waals surface area contributed by atoms with Gasteiger partial charge in [-0.15, -0.1) is 0 Å². The third kappa shape index (κ3) is 4.93. The smallest absolute Gasteiger partial charge is 0.170 e. The van der Waals surface area contributed by atoms with E-state index >= 15 is 0 Å². The number of hydrogen-bond donors (Lipinski definition) is 0. The Morgan fingerprint density at radius 2 is 1.05 bits per heavy atom. The zero-order chi connectivity index (χ0) is 15.7. The van der Waals surface area contributed by atoms with Crippen LogP contribution in [0.4, 0.5) is 0 Å². The van der Waals surface area contributed by atoms with Crippen molar-refractivity contribution in [3.8, 4) is 0 Å². The first-order chi connectivity index (χ1) is 8.95. The SMILES string of the molecule is CC[N+]1(CC)CC[N+](CS(=O)(=O)[O-])(CS(=O)(=O)[O-])CC1. The van der Waals surface area contributed by atoms with E-state index < -0.39 is 36.5 Å². The summed E-state index contributed by atoms with van der Waals surface area (Å²) in [4.78, 5) is 0. The van der Waals surface area contributed by atoms with Crippen molar-refractivity contribution in [1.29, 1.82) is 0 Å². The van der Waals surface area contributed by atoms with Crippen molar-refractivity contribution in [3.05, 3.63) is 0 Å². The van der Waals surface area contributed by atoms with Gasteiger partial charge in [0.1, 0.15) is 46.4 Å². The molecule has 0 saturated carbocycles. The molecule has 1 saturated heterocycles. The van der Waals surface area contributed by atoms with Crippen molar-refractivity contribution >= 4 is 20.2 Å². The molecule has 0 aromatic carbocycles. The van der Waals surface area contributed by atoms with Crippen LogP contribution in [0.1, 0.15) is 13.8 Å². The van der Waals surface area contributed by atoms with Gasteiger partial charge in [0.25, 0.3) is 0 Å². The summed E-state index contributed by atoms with van der Waals surface area (Å²) in [6.07, 6.45) is 0. The van der Waals surface area contributed by atoms with Crippen molar-refractivity contribution in [1.82, 2.24) is 0 Å². The molecule has 0 bridgehead atoms. The highest BCUT2D eigenvalue weighted by molar-refractivity contribution is 7.86. The number of nitrogens with zero attached hydrogens (tertiary/aromatic N) is 2. The minimum atomic E-state index is -4.59. The average molecular weight is 330 g/mol. The molecule has 8 nitrogen and oxygen atoms in total. The molecule has 0 radical (unpaired) electrons. The van der Waals surface area contributed by atoms with E-state index in [1.54, 1.807) is 0 Å². The summed E-state index contributed by atoms with van der Waals surface area (Å²) in [5.41, 5.74) is 0. The van der Waals surface area contributed by atoms with Crippen LogP contribution < -0.4 is 0 Å². The van der Waals surface area contributed by atoms with Gasteiger partial charge in [-0.25, -0.2) is 16.8 Å². The lowest BCUT2D eigenvalue weighted by Gasteiger charge is -2.49. The molecule has 1 fully saturated rings. The highest BCUT2D eigenvalue weighted by Gasteiger charge is 2.42. The quantitative estimate of drug-likeness (QED) is 0.441. The van der Waals surface area contributed by atoms with Gasteiger partial charge in [-0.3, -0.25) is 4.48 Å². The van der Waals surface area contributed by atoms with E-state index in [1.807, 2.05) is 13.8 Å². The minimum Gasteiger partial charge on any atom is -0.744 e. The maximum atomic E-state index is 11.0. The summed E-state index contributed by atoms with van der Waals surface area (Å²) in [5, 5.41) is 0. The highest BCUT2D eigenvalue weighted by atomic mass is 32.2. The van der Waals surface area contributed by atoms with Crippen LogP contribution >= 0.6 is 0 Å². The van der Waals surface area contributed by atoms with Gasteiger partial charge >= 0.3 is 0 Å². The summed E-state index contributed by atoms with van der Waals surface area (Å²) >= 11 is 0. The van der Waals surface area contributed by atoms with Crippen molar-refractivity contribution in [2.45, 2.75) is 13.8 Å². The van der Waals surface area contributed by atoms with E-state index in [4.69, 9.17) is 0 Å². The Balaban J connectivity index is 2.99. The molecule has 1 aliphatic heterocycles. The fourth-order valence-electron chi connectivity index (χ4n) is 2.89. The van der Waals surface area contributed by atoms with Crippen molar-refractivity contribution < 1.29 is 34.9 Å². The van der Waals surface area contributed by atoms with Gasteiger partial charge in [0.05, 0.1) is 13.1 Å². The van der Waals surface area contributed by atoms with Crippen LogP contribution in [0.3, 0.4) is 0 Å². The number of rotatable bonds is 6. The molecule has 20 heavy (non-hydrogen) atoms. The summed E-state index contributed by atoms with van der Waals surface area (Å²) in [7, 11) is -9.19. The zero-order valence-electron chi connectivity index (χ0n) is 11.8. The van der Waals surface area contributed by atoms with Gasteiger partial charge < -0.3 is 13.6 Å². The van der Waals surface area contributed by atoms with Crippen molar-refractivity contribution in [2.75, 3.05) is 51.0 Å². The van der Waals surface area contributed by atoms with Crippen LogP contribution in [0, 0.1) is 0 Å². The molecular weight excluding hydrogens is 308 g/mol. The summed E-state index contributed by atoms with van der Waals surface area (Å²) in [6.45, 7) is 7.29. The lowest BCUT2D eigenvalue weighted by Crippen LogP contribution is -2.68. The third-order valence-electron chi connectivity index (χ3n) is 4.30. The van der Waals surface area contributed by atoms with Crippen molar-refractivity contribution in [2.24, 2.45) is 0 Å². The first-order valence-electron chi connectivity index (χ1n) is 6.52. The Labute approximate surface area is 120 Å². The Hall–Kier alpha value is -0.260. The topological polar surface area (TPSA) is 114 Å². The number of piperazine rings is 1. The lowest BCUT2D eigenvalue weighted by atomic mass is 10.2. The van der Waals surface area contributed by atoms with Crippen LogP contribution in [0.5, 0.6) is 0 Å². The second kappa shape index (κ2) is 5.85. The highest BCUT2D eigenvalue weighted by Crippen LogP contribution is 2.21. The molecule has 10 heteroatoms. The molecule has 0 amide bonds. The number of quaternary nitrogens is 2. The number of hydrogen-bond acceptors (Lipinski definition) is 6. The van der Waals surface area contributed by atoms with E-state index in [9.17, 15) is 25.9 Å². The number of likely N-dealkylation sites (N-methyl/N-ethyl adjacent to an activating group) is 1. The molecule has 120 valence electrons. The van der Waals surface area contributed by atoms with Crippen LogP contribution in [-0.4, -0.2) is 85.9 Å². The summed E-state index contributed by atoms with van der Waals surface area (Å²) in [5.74, 6) is -1.66.